The van der Waals surface area contributed by atoms with Crippen LogP contribution in [0.4, 0.5) is 24.5 Å². The van der Waals surface area contributed by atoms with Gasteiger partial charge in [0.2, 0.25) is 10.0 Å². The zero-order valence-corrected chi connectivity index (χ0v) is 24.4. The van der Waals surface area contributed by atoms with Crippen LogP contribution >= 0.6 is 11.6 Å². The van der Waals surface area contributed by atoms with Gasteiger partial charge in [-0.1, -0.05) is 24.6 Å². The third kappa shape index (κ3) is 7.03. The van der Waals surface area contributed by atoms with E-state index in [9.17, 15) is 34.8 Å². The Morgan fingerprint density at radius 3 is 2.10 bits per heavy atom. The molecule has 0 atom stereocenters. The van der Waals surface area contributed by atoms with Gasteiger partial charge in [0.15, 0.2) is 0 Å². The van der Waals surface area contributed by atoms with Crippen LogP contribution < -0.4 is 10.0 Å². The highest BCUT2D eigenvalue weighted by atomic mass is 35.5. The van der Waals surface area contributed by atoms with Crippen LogP contribution in [0.1, 0.15) is 41.3 Å². The number of carbonyl (C=O) groups is 1. The van der Waals surface area contributed by atoms with Gasteiger partial charge in [-0.2, -0.15) is 17.5 Å². The average molecular weight is 630 g/mol. The predicted octanol–water partition coefficient (Wildman–Crippen LogP) is 6.14. The fourth-order valence-electron chi connectivity index (χ4n) is 4.32. The number of nitrogens with one attached hydrogen (secondary N) is 2. The van der Waals surface area contributed by atoms with Crippen molar-refractivity contribution in [2.45, 2.75) is 42.7 Å². The molecule has 3 aromatic rings. The van der Waals surface area contributed by atoms with Gasteiger partial charge < -0.3 is 5.32 Å². The Morgan fingerprint density at radius 2 is 1.49 bits per heavy atom. The fraction of sp³-hybridized carbons (Fsp3) is 0.296. The van der Waals surface area contributed by atoms with E-state index < -0.39 is 42.7 Å². The number of amides is 1. The summed E-state index contributed by atoms with van der Waals surface area (Å²) < 4.78 is 94.7. The molecule has 14 heteroatoms. The number of hydrogen-bond donors (Lipinski definition) is 2. The highest BCUT2D eigenvalue weighted by Crippen LogP contribution is 2.36. The lowest BCUT2D eigenvalue weighted by Crippen LogP contribution is -2.38. The van der Waals surface area contributed by atoms with E-state index in [-0.39, 0.29) is 26.7 Å². The topological polar surface area (TPSA) is 113 Å². The number of sulfonamides is 2. The summed E-state index contributed by atoms with van der Waals surface area (Å²) in [5.41, 5.74) is -0.618. The number of carbonyl (C=O) groups excluding carboxylic acids is 1. The van der Waals surface area contributed by atoms with Crippen molar-refractivity contribution in [3.05, 3.63) is 82.4 Å². The lowest BCUT2D eigenvalue weighted by Gasteiger charge is -2.29. The number of nitrogens with zero attached hydrogens (tertiary/aromatic N) is 1. The Bertz CT molecular complexity index is 1670. The van der Waals surface area contributed by atoms with E-state index in [1.165, 1.54) is 40.7 Å². The minimum absolute atomic E-state index is 0.00574. The number of halogens is 4. The van der Waals surface area contributed by atoms with Gasteiger partial charge in [-0.05, 0) is 85.8 Å². The van der Waals surface area contributed by atoms with Crippen molar-refractivity contribution >= 4 is 48.9 Å². The Hall–Kier alpha value is -3.13. The number of anilines is 2. The van der Waals surface area contributed by atoms with Gasteiger partial charge in [0.25, 0.3) is 15.9 Å². The number of rotatable bonds is 7. The van der Waals surface area contributed by atoms with Crippen LogP contribution in [0.2, 0.25) is 5.02 Å². The molecule has 0 radical (unpaired) electrons. The van der Waals surface area contributed by atoms with Crippen molar-refractivity contribution in [3.63, 3.8) is 0 Å². The van der Waals surface area contributed by atoms with Crippen molar-refractivity contribution in [1.29, 1.82) is 0 Å². The Morgan fingerprint density at radius 1 is 0.902 bits per heavy atom. The van der Waals surface area contributed by atoms with Crippen LogP contribution in [0.15, 0.2) is 70.5 Å². The predicted molar refractivity (Wildman–Crippen MR) is 150 cm³/mol. The third-order valence-electron chi connectivity index (χ3n) is 6.78. The standard InChI is InChI=1S/C27H27ClF3N3O5S2/c1-17-11-13-34(14-12-17)41(38,39)22-7-3-18(2)23(16-22)26(35)32-19-4-8-21(9-5-19)40(36,37)33-20-6-10-25(28)24(15-20)27(29,30)31/h3-10,15-17,33H,11-14H2,1-2H3,(H,32,35). The van der Waals surface area contributed by atoms with Crippen LogP contribution in [0.5, 0.6) is 0 Å². The van der Waals surface area contributed by atoms with Crippen LogP contribution in [0.25, 0.3) is 0 Å². The van der Waals surface area contributed by atoms with Gasteiger partial charge >= 0.3 is 6.18 Å². The van der Waals surface area contributed by atoms with Crippen LogP contribution in [-0.2, 0) is 26.2 Å². The molecule has 1 heterocycles. The molecule has 41 heavy (non-hydrogen) atoms. The van der Waals surface area contributed by atoms with Gasteiger partial charge in [-0.25, -0.2) is 16.8 Å². The van der Waals surface area contributed by atoms with Gasteiger partial charge in [0.05, 0.1) is 20.4 Å². The molecule has 1 aliphatic rings. The van der Waals surface area contributed by atoms with Gasteiger partial charge in [0, 0.05) is 30.0 Å². The second-order valence-electron chi connectivity index (χ2n) is 9.84. The lowest BCUT2D eigenvalue weighted by atomic mass is 10.0. The Kier molecular flexibility index (Phi) is 8.74. The van der Waals surface area contributed by atoms with Crippen LogP contribution in [0.3, 0.4) is 0 Å². The molecule has 4 rings (SSSR count). The van der Waals surface area contributed by atoms with E-state index in [1.54, 1.807) is 13.0 Å². The summed E-state index contributed by atoms with van der Waals surface area (Å²) in [6.45, 7) is 4.55. The van der Waals surface area contributed by atoms with E-state index in [0.29, 0.717) is 30.6 Å². The molecular formula is C27H27ClF3N3O5S2. The minimum atomic E-state index is -4.77. The molecule has 8 nitrogen and oxygen atoms in total. The van der Waals surface area contributed by atoms with E-state index in [4.69, 9.17) is 11.6 Å². The van der Waals surface area contributed by atoms with Gasteiger partial charge in [-0.3, -0.25) is 9.52 Å². The molecule has 220 valence electrons. The average Bonchev–Trinajstić information content (AvgIpc) is 2.89. The second-order valence-corrected chi connectivity index (χ2v) is 13.9. The first-order valence-corrected chi connectivity index (χ1v) is 15.8. The van der Waals surface area contributed by atoms with Crippen molar-refractivity contribution in [3.8, 4) is 0 Å². The first kappa shape index (κ1) is 30.8. The number of piperidine rings is 1. The monoisotopic (exact) mass is 629 g/mol. The minimum Gasteiger partial charge on any atom is -0.322 e. The van der Waals surface area contributed by atoms with Gasteiger partial charge in [-0.15, -0.1) is 0 Å². The summed E-state index contributed by atoms with van der Waals surface area (Å²) >= 11 is 5.59. The molecular weight excluding hydrogens is 603 g/mol. The molecule has 3 aromatic carbocycles. The summed E-state index contributed by atoms with van der Waals surface area (Å²) in [5.74, 6) is -0.154. The van der Waals surface area contributed by atoms with Crippen molar-refractivity contribution in [2.24, 2.45) is 5.92 Å². The quantitative estimate of drug-likeness (QED) is 0.326. The highest BCUT2D eigenvalue weighted by molar-refractivity contribution is 7.92. The molecule has 0 saturated carbocycles. The molecule has 1 saturated heterocycles. The summed E-state index contributed by atoms with van der Waals surface area (Å²) in [6.07, 6.45) is -3.26. The normalized spacial score (nSPS) is 15.5. The molecule has 1 aliphatic heterocycles. The number of alkyl halides is 3. The summed E-state index contributed by atoms with van der Waals surface area (Å²) in [5, 5.41) is 2.05. The molecule has 2 N–H and O–H groups in total. The number of aryl methyl sites for hydroxylation is 1. The highest BCUT2D eigenvalue weighted by Gasteiger charge is 2.34. The molecule has 0 spiro atoms. The first-order chi connectivity index (χ1) is 19.1. The molecule has 0 aromatic heterocycles. The molecule has 1 fully saturated rings. The second kappa shape index (κ2) is 11.6. The largest absolute Gasteiger partial charge is 0.417 e. The van der Waals surface area contributed by atoms with E-state index in [1.807, 2.05) is 0 Å². The summed E-state index contributed by atoms with van der Waals surface area (Å²) in [6, 6.07) is 11.9. The van der Waals surface area contributed by atoms with Crippen molar-refractivity contribution in [1.82, 2.24) is 4.31 Å². The maximum absolute atomic E-state index is 13.2. The Balaban J connectivity index is 1.49. The fourth-order valence-corrected chi connectivity index (χ4v) is 7.09. The number of hydrogen-bond acceptors (Lipinski definition) is 5. The first-order valence-electron chi connectivity index (χ1n) is 12.5. The van der Waals surface area contributed by atoms with Crippen molar-refractivity contribution < 1.29 is 34.8 Å². The van der Waals surface area contributed by atoms with Crippen LogP contribution in [-0.4, -0.2) is 40.1 Å². The maximum Gasteiger partial charge on any atom is 0.417 e. The number of benzene rings is 3. The smallest absolute Gasteiger partial charge is 0.322 e. The zero-order valence-electron chi connectivity index (χ0n) is 22.0. The maximum atomic E-state index is 13.2. The Labute approximate surface area is 241 Å². The molecule has 0 unspecified atom stereocenters. The summed E-state index contributed by atoms with van der Waals surface area (Å²) in [7, 11) is -8.06. The van der Waals surface area contributed by atoms with Crippen molar-refractivity contribution in [2.75, 3.05) is 23.1 Å². The van der Waals surface area contributed by atoms with Crippen LogP contribution in [0, 0.1) is 12.8 Å². The third-order valence-corrected chi connectivity index (χ3v) is 10.4. The van der Waals surface area contributed by atoms with E-state index >= 15 is 0 Å². The van der Waals surface area contributed by atoms with E-state index in [0.717, 1.165) is 25.0 Å². The molecule has 0 aliphatic carbocycles. The lowest BCUT2D eigenvalue weighted by molar-refractivity contribution is -0.137. The zero-order chi connectivity index (χ0) is 30.2. The molecule has 0 bridgehead atoms. The van der Waals surface area contributed by atoms with E-state index in [2.05, 4.69) is 17.0 Å². The molecule has 1 amide bonds. The summed E-state index contributed by atoms with van der Waals surface area (Å²) in [4.78, 5) is 12.8. The van der Waals surface area contributed by atoms with Gasteiger partial charge in [0.1, 0.15) is 0 Å². The SMILES string of the molecule is Cc1ccc(S(=O)(=O)N2CCC(C)CC2)cc1C(=O)Nc1ccc(S(=O)(=O)Nc2ccc(Cl)c(C(F)(F)F)c2)cc1.